The number of rotatable bonds is 11. The molecule has 184 valence electrons. The second-order valence-electron chi connectivity index (χ2n) is 8.61. The summed E-state index contributed by atoms with van der Waals surface area (Å²) in [7, 11) is 0. The zero-order valence-electron chi connectivity index (χ0n) is 20.0. The van der Waals surface area contributed by atoms with Gasteiger partial charge in [0.1, 0.15) is 6.61 Å². The highest BCUT2D eigenvalue weighted by molar-refractivity contribution is 5.93. The van der Waals surface area contributed by atoms with Gasteiger partial charge in [0.15, 0.2) is 0 Å². The largest absolute Gasteiger partial charge is 0.481 e. The highest BCUT2D eigenvalue weighted by Crippen LogP contribution is 2.44. The van der Waals surface area contributed by atoms with Crippen LogP contribution in [-0.2, 0) is 14.3 Å². The molecular weight excluding hydrogens is 444 g/mol. The quantitative estimate of drug-likeness (QED) is 0.419. The first-order valence-electron chi connectivity index (χ1n) is 12.1. The van der Waals surface area contributed by atoms with Crippen LogP contribution in [0.25, 0.3) is 11.1 Å². The fourth-order valence-electron chi connectivity index (χ4n) is 4.49. The summed E-state index contributed by atoms with van der Waals surface area (Å²) in [4.78, 5) is 34.8. The Morgan fingerprint density at radius 3 is 2.26 bits per heavy atom. The van der Waals surface area contributed by atoms with Crippen molar-refractivity contribution in [3.63, 3.8) is 0 Å². The van der Waals surface area contributed by atoms with Gasteiger partial charge in [-0.05, 0) is 46.9 Å². The number of carbonyl (C=O) groups excluding carboxylic acids is 2. The second kappa shape index (κ2) is 13.2. The monoisotopic (exact) mass is 476 g/mol. The SMILES string of the molecule is CCCC(CCNC(=O)C#CCNC(=O)OCC1c2ccccc2-c2ccccc21)CCC(=O)O. The molecule has 3 N–H and O–H groups in total. The van der Waals surface area contributed by atoms with Crippen LogP contribution in [0.15, 0.2) is 48.5 Å². The number of ether oxygens (including phenoxy) is 1. The van der Waals surface area contributed by atoms with Crippen LogP contribution in [0.4, 0.5) is 4.79 Å². The Bertz CT molecular complexity index is 1060. The Balaban J connectivity index is 1.38. The molecule has 0 heterocycles. The molecule has 1 aliphatic carbocycles. The summed E-state index contributed by atoms with van der Waals surface area (Å²) in [5.41, 5.74) is 4.61. The molecule has 2 amide bonds. The number of nitrogens with one attached hydrogen (secondary N) is 2. The zero-order chi connectivity index (χ0) is 25.0. The van der Waals surface area contributed by atoms with E-state index in [9.17, 15) is 14.4 Å². The first-order valence-corrected chi connectivity index (χ1v) is 12.1. The summed E-state index contributed by atoms with van der Waals surface area (Å²) < 4.78 is 5.44. The van der Waals surface area contributed by atoms with Crippen molar-refractivity contribution in [2.24, 2.45) is 5.92 Å². The summed E-state index contributed by atoms with van der Waals surface area (Å²) in [6.07, 6.45) is 2.78. The minimum absolute atomic E-state index is 0.00116. The van der Waals surface area contributed by atoms with E-state index in [4.69, 9.17) is 9.84 Å². The lowest BCUT2D eigenvalue weighted by atomic mass is 9.94. The lowest BCUT2D eigenvalue weighted by Crippen LogP contribution is -2.27. The van der Waals surface area contributed by atoms with Gasteiger partial charge in [0.2, 0.25) is 0 Å². The summed E-state index contributed by atoms with van der Waals surface area (Å²) in [5.74, 6) is 4.10. The van der Waals surface area contributed by atoms with Crippen LogP contribution in [-0.4, -0.2) is 42.8 Å². The normalized spacial score (nSPS) is 12.5. The van der Waals surface area contributed by atoms with Crippen LogP contribution in [0.1, 0.15) is 56.1 Å². The van der Waals surface area contributed by atoms with E-state index in [1.165, 1.54) is 0 Å². The van der Waals surface area contributed by atoms with Crippen molar-refractivity contribution in [2.75, 3.05) is 19.7 Å². The Morgan fingerprint density at radius 2 is 1.63 bits per heavy atom. The molecule has 1 aliphatic rings. The van der Waals surface area contributed by atoms with Crippen LogP contribution in [0.2, 0.25) is 0 Å². The van der Waals surface area contributed by atoms with Crippen LogP contribution < -0.4 is 10.6 Å². The highest BCUT2D eigenvalue weighted by atomic mass is 16.5. The second-order valence-corrected chi connectivity index (χ2v) is 8.61. The van der Waals surface area contributed by atoms with E-state index in [0.29, 0.717) is 19.4 Å². The number of hydrogen-bond acceptors (Lipinski definition) is 4. The van der Waals surface area contributed by atoms with Crippen LogP contribution in [0.3, 0.4) is 0 Å². The van der Waals surface area contributed by atoms with Crippen molar-refractivity contribution in [1.82, 2.24) is 10.6 Å². The van der Waals surface area contributed by atoms with E-state index in [1.807, 2.05) is 24.3 Å². The van der Waals surface area contributed by atoms with Gasteiger partial charge in [0.05, 0.1) is 6.54 Å². The topological polar surface area (TPSA) is 105 Å². The van der Waals surface area contributed by atoms with E-state index in [-0.39, 0.29) is 31.4 Å². The van der Waals surface area contributed by atoms with Gasteiger partial charge in [-0.1, -0.05) is 74.2 Å². The van der Waals surface area contributed by atoms with E-state index in [0.717, 1.165) is 35.1 Å². The molecule has 0 bridgehead atoms. The average Bonchev–Trinajstić information content (AvgIpc) is 3.17. The van der Waals surface area contributed by atoms with Gasteiger partial charge in [-0.25, -0.2) is 4.79 Å². The number of carboxylic acid groups (broad SMARTS) is 1. The Morgan fingerprint density at radius 1 is 0.971 bits per heavy atom. The molecule has 0 aliphatic heterocycles. The Kier molecular flexibility index (Phi) is 9.73. The highest BCUT2D eigenvalue weighted by Gasteiger charge is 2.28. The third kappa shape index (κ3) is 7.61. The number of carbonyl (C=O) groups is 3. The maximum atomic E-state index is 12.1. The number of carboxylic acids is 1. The first kappa shape index (κ1) is 25.8. The molecule has 0 radical (unpaired) electrons. The molecule has 2 aromatic carbocycles. The van der Waals surface area contributed by atoms with Crippen molar-refractivity contribution in [3.8, 4) is 23.0 Å². The number of aliphatic carboxylic acids is 1. The van der Waals surface area contributed by atoms with Crippen LogP contribution in [0.5, 0.6) is 0 Å². The van der Waals surface area contributed by atoms with E-state index >= 15 is 0 Å². The molecule has 35 heavy (non-hydrogen) atoms. The standard InChI is InChI=1S/C28H32N2O5/c1-2-8-20(14-15-27(32)33)16-18-29-26(31)13-7-17-30-28(34)35-19-25-23-11-5-3-9-21(23)22-10-4-6-12-24(22)25/h3-6,9-12,20,25H,2,8,14-19H2,1H3,(H,29,31)(H,30,34)(H,32,33). The first-order chi connectivity index (χ1) is 17.0. The predicted octanol–water partition coefficient (Wildman–Crippen LogP) is 4.32. The van der Waals surface area contributed by atoms with Crippen molar-refractivity contribution >= 4 is 18.0 Å². The molecule has 1 atom stereocenters. The van der Waals surface area contributed by atoms with Gasteiger partial charge in [0, 0.05) is 18.9 Å². The third-order valence-corrected chi connectivity index (χ3v) is 6.17. The minimum atomic E-state index is -0.801. The molecule has 0 spiro atoms. The molecule has 3 rings (SSSR count). The van der Waals surface area contributed by atoms with E-state index in [2.05, 4.69) is 53.7 Å². The summed E-state index contributed by atoms with van der Waals surface area (Å²) in [6.45, 7) is 2.72. The van der Waals surface area contributed by atoms with Gasteiger partial charge in [-0.2, -0.15) is 0 Å². The number of benzene rings is 2. The minimum Gasteiger partial charge on any atom is -0.481 e. The number of hydrogen-bond donors (Lipinski definition) is 3. The zero-order valence-corrected chi connectivity index (χ0v) is 20.0. The third-order valence-electron chi connectivity index (χ3n) is 6.17. The summed E-state index contributed by atoms with van der Waals surface area (Å²) >= 11 is 0. The van der Waals surface area contributed by atoms with Gasteiger partial charge >= 0.3 is 12.1 Å². The van der Waals surface area contributed by atoms with E-state index < -0.39 is 18.0 Å². The maximum absolute atomic E-state index is 12.1. The fraction of sp³-hybridized carbons (Fsp3) is 0.393. The predicted molar refractivity (Wildman–Crippen MR) is 134 cm³/mol. The van der Waals surface area contributed by atoms with Crippen molar-refractivity contribution in [3.05, 3.63) is 59.7 Å². The van der Waals surface area contributed by atoms with Crippen molar-refractivity contribution in [2.45, 2.75) is 44.9 Å². The van der Waals surface area contributed by atoms with Crippen LogP contribution in [0, 0.1) is 17.8 Å². The van der Waals surface area contributed by atoms with Crippen molar-refractivity contribution < 1.29 is 24.2 Å². The molecule has 1 unspecified atom stereocenters. The molecular formula is C28H32N2O5. The van der Waals surface area contributed by atoms with Gasteiger partial charge in [-0.15, -0.1) is 0 Å². The summed E-state index contributed by atoms with van der Waals surface area (Å²) in [5, 5.41) is 14.1. The van der Waals surface area contributed by atoms with Gasteiger partial charge in [-0.3, -0.25) is 9.59 Å². The molecule has 2 aromatic rings. The van der Waals surface area contributed by atoms with Crippen LogP contribution >= 0.6 is 0 Å². The van der Waals surface area contributed by atoms with Gasteiger partial charge < -0.3 is 20.5 Å². The number of amides is 2. The molecule has 0 aromatic heterocycles. The number of alkyl carbamates (subject to hydrolysis) is 1. The molecule has 0 saturated heterocycles. The Labute approximate surface area is 206 Å². The fourth-order valence-corrected chi connectivity index (χ4v) is 4.49. The average molecular weight is 477 g/mol. The number of fused-ring (bicyclic) bond motifs is 3. The van der Waals surface area contributed by atoms with E-state index in [1.54, 1.807) is 0 Å². The Hall–Kier alpha value is -3.79. The smallest absolute Gasteiger partial charge is 0.407 e. The van der Waals surface area contributed by atoms with Crippen molar-refractivity contribution in [1.29, 1.82) is 0 Å². The maximum Gasteiger partial charge on any atom is 0.407 e. The molecule has 7 nitrogen and oxygen atoms in total. The molecule has 7 heteroatoms. The lowest BCUT2D eigenvalue weighted by molar-refractivity contribution is -0.137. The lowest BCUT2D eigenvalue weighted by Gasteiger charge is -2.14. The van der Waals surface area contributed by atoms with Gasteiger partial charge in [0.25, 0.3) is 5.91 Å². The molecule has 0 saturated carbocycles. The summed E-state index contributed by atoms with van der Waals surface area (Å²) in [6, 6.07) is 16.2. The molecule has 0 fully saturated rings.